The summed E-state index contributed by atoms with van der Waals surface area (Å²) >= 11 is 0. The van der Waals surface area contributed by atoms with Crippen LogP contribution in [0, 0.1) is 5.92 Å². The lowest BCUT2D eigenvalue weighted by Gasteiger charge is -2.13. The summed E-state index contributed by atoms with van der Waals surface area (Å²) in [6.07, 6.45) is 12.0. The van der Waals surface area contributed by atoms with E-state index in [0.29, 0.717) is 0 Å². The van der Waals surface area contributed by atoms with E-state index in [0.717, 1.165) is 19.3 Å². The number of carboxylic acids is 2. The van der Waals surface area contributed by atoms with Gasteiger partial charge < -0.3 is 14.9 Å². The average Bonchev–Trinajstić information content (AvgIpc) is 2.54. The molecule has 0 aromatic heterocycles. The van der Waals surface area contributed by atoms with Crippen molar-refractivity contribution < 1.29 is 29.3 Å². The standard InChI is InChI=1S/C19H32O6/c1-3-4-5-6-7-8-9-10-11-12-13-16(14-17(20)21)19(24)25-15(2)18(22)23/h12-13,15-16H,3-11,14H2,1-2H3,(H,20,21)(H,22,23). The summed E-state index contributed by atoms with van der Waals surface area (Å²) < 4.78 is 4.76. The van der Waals surface area contributed by atoms with Gasteiger partial charge in [0.05, 0.1) is 12.3 Å². The molecular formula is C19H32O6. The molecule has 0 spiro atoms. The first-order chi connectivity index (χ1) is 11.9. The molecule has 6 nitrogen and oxygen atoms in total. The minimum absolute atomic E-state index is 0.404. The van der Waals surface area contributed by atoms with Gasteiger partial charge in [0, 0.05) is 0 Å². The number of hydrogen-bond donors (Lipinski definition) is 2. The third kappa shape index (κ3) is 13.2. The van der Waals surface area contributed by atoms with E-state index in [1.165, 1.54) is 51.5 Å². The highest BCUT2D eigenvalue weighted by Gasteiger charge is 2.24. The van der Waals surface area contributed by atoms with Gasteiger partial charge in [-0.05, 0) is 19.8 Å². The molecule has 0 fully saturated rings. The predicted octanol–water partition coefficient (Wildman–Crippen LogP) is 4.18. The molecule has 0 saturated carbocycles. The quantitative estimate of drug-likeness (QED) is 0.259. The highest BCUT2D eigenvalue weighted by atomic mass is 16.6. The Balaban J connectivity index is 4.12. The Bertz CT molecular complexity index is 430. The number of esters is 1. The molecule has 6 heteroatoms. The van der Waals surface area contributed by atoms with Crippen LogP contribution in [-0.2, 0) is 19.1 Å². The number of unbranched alkanes of at least 4 members (excludes halogenated alkanes) is 8. The Morgan fingerprint density at radius 2 is 1.52 bits per heavy atom. The van der Waals surface area contributed by atoms with Crippen LogP contribution in [0.1, 0.15) is 78.1 Å². The second-order valence-electron chi connectivity index (χ2n) is 6.31. The van der Waals surface area contributed by atoms with Gasteiger partial charge >= 0.3 is 17.9 Å². The van der Waals surface area contributed by atoms with Crippen LogP contribution >= 0.6 is 0 Å². The summed E-state index contributed by atoms with van der Waals surface area (Å²) in [5.74, 6) is -4.15. The van der Waals surface area contributed by atoms with Crippen molar-refractivity contribution in [3.63, 3.8) is 0 Å². The van der Waals surface area contributed by atoms with Crippen molar-refractivity contribution in [3.8, 4) is 0 Å². The minimum Gasteiger partial charge on any atom is -0.481 e. The maximum atomic E-state index is 11.9. The highest BCUT2D eigenvalue weighted by Crippen LogP contribution is 2.13. The molecule has 0 saturated heterocycles. The van der Waals surface area contributed by atoms with Crippen molar-refractivity contribution >= 4 is 17.9 Å². The summed E-state index contributed by atoms with van der Waals surface area (Å²) in [5.41, 5.74) is 0. The Hall–Kier alpha value is -1.85. The molecule has 0 heterocycles. The third-order valence-electron chi connectivity index (χ3n) is 3.93. The summed E-state index contributed by atoms with van der Waals surface area (Å²) in [6, 6.07) is 0. The molecule has 2 unspecified atom stereocenters. The van der Waals surface area contributed by atoms with E-state index in [2.05, 4.69) is 6.92 Å². The van der Waals surface area contributed by atoms with Crippen molar-refractivity contribution in [2.75, 3.05) is 0 Å². The molecule has 0 rings (SSSR count). The number of aliphatic carboxylic acids is 2. The third-order valence-corrected chi connectivity index (χ3v) is 3.93. The zero-order valence-electron chi connectivity index (χ0n) is 15.4. The van der Waals surface area contributed by atoms with Crippen LogP contribution in [-0.4, -0.2) is 34.2 Å². The van der Waals surface area contributed by atoms with Crippen molar-refractivity contribution in [2.45, 2.75) is 84.2 Å². The zero-order valence-corrected chi connectivity index (χ0v) is 15.4. The molecule has 0 aliphatic heterocycles. The molecule has 0 aromatic carbocycles. The number of rotatable bonds is 15. The van der Waals surface area contributed by atoms with E-state index >= 15 is 0 Å². The molecule has 0 aliphatic carbocycles. The fourth-order valence-electron chi connectivity index (χ4n) is 2.39. The van der Waals surface area contributed by atoms with Crippen LogP contribution < -0.4 is 0 Å². The number of carbonyl (C=O) groups excluding carboxylic acids is 1. The number of carboxylic acid groups (broad SMARTS) is 2. The van der Waals surface area contributed by atoms with Crippen LogP contribution in [0.25, 0.3) is 0 Å². The van der Waals surface area contributed by atoms with Gasteiger partial charge in [-0.2, -0.15) is 0 Å². The fourth-order valence-corrected chi connectivity index (χ4v) is 2.39. The van der Waals surface area contributed by atoms with E-state index in [-0.39, 0.29) is 0 Å². The number of allylic oxidation sites excluding steroid dienone is 1. The first kappa shape index (κ1) is 23.1. The minimum atomic E-state index is -1.29. The summed E-state index contributed by atoms with van der Waals surface area (Å²) in [7, 11) is 0. The molecule has 0 aromatic rings. The van der Waals surface area contributed by atoms with Crippen molar-refractivity contribution in [1.29, 1.82) is 0 Å². The Labute approximate surface area is 150 Å². The molecular weight excluding hydrogens is 324 g/mol. The molecule has 0 amide bonds. The van der Waals surface area contributed by atoms with Crippen LogP contribution in [0.3, 0.4) is 0 Å². The van der Waals surface area contributed by atoms with E-state index < -0.39 is 36.4 Å². The fraction of sp³-hybridized carbons (Fsp3) is 0.737. The second kappa shape index (κ2) is 14.5. The van der Waals surface area contributed by atoms with Gasteiger partial charge in [0.15, 0.2) is 6.10 Å². The van der Waals surface area contributed by atoms with Gasteiger partial charge in [-0.3, -0.25) is 9.59 Å². The summed E-state index contributed by atoms with van der Waals surface area (Å²) in [5, 5.41) is 17.6. The van der Waals surface area contributed by atoms with E-state index in [9.17, 15) is 14.4 Å². The Morgan fingerprint density at radius 1 is 0.960 bits per heavy atom. The average molecular weight is 356 g/mol. The SMILES string of the molecule is CCCCCCCCCCC=CC(CC(=O)O)C(=O)OC(C)C(=O)O. The first-order valence-corrected chi connectivity index (χ1v) is 9.20. The lowest BCUT2D eigenvalue weighted by Crippen LogP contribution is -2.28. The monoisotopic (exact) mass is 356 g/mol. The van der Waals surface area contributed by atoms with Gasteiger partial charge in [-0.15, -0.1) is 0 Å². The maximum absolute atomic E-state index is 11.9. The zero-order chi connectivity index (χ0) is 19.1. The van der Waals surface area contributed by atoms with Crippen LogP contribution in [0.15, 0.2) is 12.2 Å². The largest absolute Gasteiger partial charge is 0.481 e. The highest BCUT2D eigenvalue weighted by molar-refractivity contribution is 5.83. The summed E-state index contributed by atoms with van der Waals surface area (Å²) in [4.78, 5) is 33.5. The second-order valence-corrected chi connectivity index (χ2v) is 6.31. The van der Waals surface area contributed by atoms with Gasteiger partial charge in [0.2, 0.25) is 0 Å². The van der Waals surface area contributed by atoms with Gasteiger partial charge in [0.25, 0.3) is 0 Å². The maximum Gasteiger partial charge on any atom is 0.344 e. The molecule has 25 heavy (non-hydrogen) atoms. The molecule has 2 atom stereocenters. The lowest BCUT2D eigenvalue weighted by molar-refractivity contribution is -0.165. The smallest absolute Gasteiger partial charge is 0.344 e. The molecule has 0 bridgehead atoms. The van der Waals surface area contributed by atoms with E-state index in [1.807, 2.05) is 0 Å². The van der Waals surface area contributed by atoms with Crippen LogP contribution in [0.2, 0.25) is 0 Å². The molecule has 2 N–H and O–H groups in total. The van der Waals surface area contributed by atoms with Crippen LogP contribution in [0.5, 0.6) is 0 Å². The number of ether oxygens (including phenoxy) is 1. The van der Waals surface area contributed by atoms with Gasteiger partial charge in [-0.25, -0.2) is 4.79 Å². The first-order valence-electron chi connectivity index (χ1n) is 9.20. The number of hydrogen-bond acceptors (Lipinski definition) is 4. The van der Waals surface area contributed by atoms with Crippen molar-refractivity contribution in [1.82, 2.24) is 0 Å². The molecule has 144 valence electrons. The Morgan fingerprint density at radius 3 is 2.04 bits per heavy atom. The molecule has 0 aliphatic rings. The van der Waals surface area contributed by atoms with Crippen molar-refractivity contribution in [2.24, 2.45) is 5.92 Å². The van der Waals surface area contributed by atoms with Crippen LogP contribution in [0.4, 0.5) is 0 Å². The predicted molar refractivity (Wildman–Crippen MR) is 95.3 cm³/mol. The topological polar surface area (TPSA) is 101 Å². The number of carbonyl (C=O) groups is 3. The van der Waals surface area contributed by atoms with Gasteiger partial charge in [-0.1, -0.05) is 64.0 Å². The molecule has 0 radical (unpaired) electrons. The normalized spacial score (nSPS) is 13.5. The lowest BCUT2D eigenvalue weighted by atomic mass is 10.0. The Kier molecular flexibility index (Phi) is 13.4. The summed E-state index contributed by atoms with van der Waals surface area (Å²) in [6.45, 7) is 3.43. The van der Waals surface area contributed by atoms with Gasteiger partial charge in [0.1, 0.15) is 0 Å². The van der Waals surface area contributed by atoms with E-state index in [4.69, 9.17) is 14.9 Å². The van der Waals surface area contributed by atoms with E-state index in [1.54, 1.807) is 6.08 Å². The van der Waals surface area contributed by atoms with Crippen molar-refractivity contribution in [3.05, 3.63) is 12.2 Å².